The van der Waals surface area contributed by atoms with Crippen molar-refractivity contribution in [2.75, 3.05) is 23.9 Å². The molecule has 1 saturated heterocycles. The summed E-state index contributed by atoms with van der Waals surface area (Å²) in [5.41, 5.74) is 2.54. The molecule has 0 aliphatic carbocycles. The van der Waals surface area contributed by atoms with Crippen molar-refractivity contribution in [3.05, 3.63) is 58.9 Å². The third-order valence-electron chi connectivity index (χ3n) is 5.34. The monoisotopic (exact) mass is 467 g/mol. The molecule has 3 heterocycles. The van der Waals surface area contributed by atoms with Crippen molar-refractivity contribution < 1.29 is 14.3 Å². The van der Waals surface area contributed by atoms with Gasteiger partial charge in [0.2, 0.25) is 22.7 Å². The van der Waals surface area contributed by atoms with Gasteiger partial charge < -0.3 is 9.64 Å². The number of nitrogens with zero attached hydrogens (tertiary/aromatic N) is 4. The standard InChI is InChI=1S/C22H18ClN5O3S/c1-31-17-8-6-16(7-9-17)27-11-14(10-19(27)29)20(30)24-21-25-22-28(26-21)18(12-32-22)13-2-4-15(23)5-3-13/h2-9,12,14H,10-11H2,1H3,(H,24,26,30). The summed E-state index contributed by atoms with van der Waals surface area (Å²) in [4.78, 5) is 32.0. The molecule has 2 aromatic heterocycles. The summed E-state index contributed by atoms with van der Waals surface area (Å²) >= 11 is 7.40. The number of thiazole rings is 1. The van der Waals surface area contributed by atoms with Crippen molar-refractivity contribution in [1.82, 2.24) is 14.6 Å². The number of benzene rings is 2. The number of nitrogens with one attached hydrogen (secondary N) is 1. The van der Waals surface area contributed by atoms with Gasteiger partial charge in [-0.1, -0.05) is 23.7 Å². The molecule has 4 aromatic rings. The molecule has 0 bridgehead atoms. The van der Waals surface area contributed by atoms with Gasteiger partial charge in [0.1, 0.15) is 5.75 Å². The zero-order chi connectivity index (χ0) is 22.2. The summed E-state index contributed by atoms with van der Waals surface area (Å²) in [6, 6.07) is 14.6. The van der Waals surface area contributed by atoms with Crippen LogP contribution in [0.3, 0.4) is 0 Å². The Hall–Kier alpha value is -3.43. The first-order valence-electron chi connectivity index (χ1n) is 9.87. The molecule has 1 aliphatic rings. The Labute approximate surface area is 192 Å². The molecule has 1 atom stereocenters. The number of fused-ring (bicyclic) bond motifs is 1. The van der Waals surface area contributed by atoms with Gasteiger partial charge in [0.05, 0.1) is 18.7 Å². The molecule has 0 radical (unpaired) electrons. The number of hydrogen-bond acceptors (Lipinski definition) is 6. The first-order chi connectivity index (χ1) is 15.5. The highest BCUT2D eigenvalue weighted by Crippen LogP contribution is 2.29. The maximum Gasteiger partial charge on any atom is 0.250 e. The number of ether oxygens (including phenoxy) is 1. The van der Waals surface area contributed by atoms with Crippen LogP contribution in [0.2, 0.25) is 5.02 Å². The van der Waals surface area contributed by atoms with Crippen molar-refractivity contribution in [3.63, 3.8) is 0 Å². The molecule has 5 rings (SSSR count). The molecule has 2 amide bonds. The summed E-state index contributed by atoms with van der Waals surface area (Å²) < 4.78 is 6.84. The maximum absolute atomic E-state index is 12.8. The number of halogens is 1. The normalized spacial score (nSPS) is 16.0. The van der Waals surface area contributed by atoms with Crippen molar-refractivity contribution in [2.45, 2.75) is 6.42 Å². The van der Waals surface area contributed by atoms with Gasteiger partial charge in [-0.25, -0.2) is 4.52 Å². The fraction of sp³-hybridized carbons (Fsp3) is 0.182. The zero-order valence-electron chi connectivity index (χ0n) is 17.0. The van der Waals surface area contributed by atoms with E-state index in [2.05, 4.69) is 15.4 Å². The van der Waals surface area contributed by atoms with Crippen LogP contribution in [-0.4, -0.2) is 40.1 Å². The number of hydrogen-bond donors (Lipinski definition) is 1. The Balaban J connectivity index is 1.30. The van der Waals surface area contributed by atoms with Gasteiger partial charge in [-0.2, -0.15) is 4.98 Å². The molecule has 1 aliphatic heterocycles. The number of anilines is 2. The topological polar surface area (TPSA) is 88.8 Å². The fourth-order valence-electron chi connectivity index (χ4n) is 3.66. The molecule has 10 heteroatoms. The highest BCUT2D eigenvalue weighted by Gasteiger charge is 2.35. The second-order valence-corrected chi connectivity index (χ2v) is 8.62. The van der Waals surface area contributed by atoms with Crippen molar-refractivity contribution in [2.24, 2.45) is 5.92 Å². The second-order valence-electron chi connectivity index (χ2n) is 7.35. The number of rotatable bonds is 5. The molecule has 0 saturated carbocycles. The molecule has 0 spiro atoms. The summed E-state index contributed by atoms with van der Waals surface area (Å²) in [7, 11) is 1.59. The zero-order valence-corrected chi connectivity index (χ0v) is 18.6. The summed E-state index contributed by atoms with van der Waals surface area (Å²) in [5.74, 6) is 0.0625. The first kappa shape index (κ1) is 20.5. The maximum atomic E-state index is 12.8. The molecule has 162 valence electrons. The number of methoxy groups -OCH3 is 1. The van der Waals surface area contributed by atoms with Crippen LogP contribution in [0.4, 0.5) is 11.6 Å². The van der Waals surface area contributed by atoms with Crippen molar-refractivity contribution in [1.29, 1.82) is 0 Å². The van der Waals surface area contributed by atoms with Gasteiger partial charge in [0.15, 0.2) is 0 Å². The first-order valence-corrected chi connectivity index (χ1v) is 11.1. The summed E-state index contributed by atoms with van der Waals surface area (Å²) in [6.45, 7) is 0.301. The van der Waals surface area contributed by atoms with Crippen LogP contribution in [0.1, 0.15) is 6.42 Å². The van der Waals surface area contributed by atoms with Gasteiger partial charge in [-0.15, -0.1) is 16.4 Å². The van der Waals surface area contributed by atoms with E-state index in [1.807, 2.05) is 29.6 Å². The van der Waals surface area contributed by atoms with Crippen molar-refractivity contribution >= 4 is 51.3 Å². The summed E-state index contributed by atoms with van der Waals surface area (Å²) in [6.07, 6.45) is 0.135. The second kappa shape index (κ2) is 8.25. The van der Waals surface area contributed by atoms with Crippen LogP contribution in [0.5, 0.6) is 5.75 Å². The smallest absolute Gasteiger partial charge is 0.250 e. The van der Waals surface area contributed by atoms with Gasteiger partial charge in [0.25, 0.3) is 0 Å². The Bertz CT molecular complexity index is 1300. The lowest BCUT2D eigenvalue weighted by Crippen LogP contribution is -2.28. The molecule has 8 nitrogen and oxygen atoms in total. The van der Waals surface area contributed by atoms with Gasteiger partial charge >= 0.3 is 0 Å². The fourth-order valence-corrected chi connectivity index (χ4v) is 4.62. The average molecular weight is 468 g/mol. The van der Waals surface area contributed by atoms with Crippen molar-refractivity contribution in [3.8, 4) is 17.0 Å². The van der Waals surface area contributed by atoms with Crippen LogP contribution in [0.25, 0.3) is 16.2 Å². The Morgan fingerprint density at radius 3 is 2.66 bits per heavy atom. The van der Waals surface area contributed by atoms with Gasteiger partial charge in [0, 0.05) is 34.6 Å². The quantitative estimate of drug-likeness (QED) is 0.477. The van der Waals surface area contributed by atoms with Crippen LogP contribution < -0.4 is 15.0 Å². The van der Waals surface area contributed by atoms with Gasteiger partial charge in [-0.3, -0.25) is 14.9 Å². The number of aromatic nitrogens is 3. The summed E-state index contributed by atoms with van der Waals surface area (Å²) in [5, 5.41) is 9.80. The Morgan fingerprint density at radius 1 is 1.19 bits per heavy atom. The van der Waals surface area contributed by atoms with E-state index >= 15 is 0 Å². The largest absolute Gasteiger partial charge is 0.497 e. The average Bonchev–Trinajstić information content (AvgIpc) is 3.49. The van der Waals surface area contributed by atoms with Crippen LogP contribution in [0.15, 0.2) is 53.9 Å². The van der Waals surface area contributed by atoms with E-state index in [0.29, 0.717) is 22.3 Å². The van der Waals surface area contributed by atoms with E-state index in [9.17, 15) is 9.59 Å². The third-order valence-corrected chi connectivity index (χ3v) is 6.40. The molecular formula is C22H18ClN5O3S. The molecule has 1 fully saturated rings. The molecule has 1 N–H and O–H groups in total. The number of carbonyl (C=O) groups excluding carboxylic acids is 2. The van der Waals surface area contributed by atoms with Crippen LogP contribution in [-0.2, 0) is 9.59 Å². The molecule has 2 aromatic carbocycles. The van der Waals surface area contributed by atoms with E-state index in [1.54, 1.807) is 40.8 Å². The SMILES string of the molecule is COc1ccc(N2CC(C(=O)Nc3nc4scc(-c5ccc(Cl)cc5)n4n3)CC2=O)cc1. The molecular weight excluding hydrogens is 450 g/mol. The van der Waals surface area contributed by atoms with E-state index in [-0.39, 0.29) is 24.2 Å². The molecule has 1 unspecified atom stereocenters. The van der Waals surface area contributed by atoms with Crippen LogP contribution in [0, 0.1) is 5.92 Å². The van der Waals surface area contributed by atoms with E-state index in [1.165, 1.54) is 11.3 Å². The van der Waals surface area contributed by atoms with Gasteiger partial charge in [-0.05, 0) is 36.4 Å². The predicted octanol–water partition coefficient (Wildman–Crippen LogP) is 4.11. The number of carbonyl (C=O) groups is 2. The lowest BCUT2D eigenvalue weighted by atomic mass is 10.1. The Kier molecular flexibility index (Phi) is 5.28. The minimum absolute atomic E-state index is 0.0980. The Morgan fingerprint density at radius 2 is 1.94 bits per heavy atom. The lowest BCUT2D eigenvalue weighted by molar-refractivity contribution is -0.122. The van der Waals surface area contributed by atoms with Crippen LogP contribution >= 0.6 is 22.9 Å². The minimum Gasteiger partial charge on any atom is -0.497 e. The third kappa shape index (κ3) is 3.80. The van der Waals surface area contributed by atoms with E-state index in [4.69, 9.17) is 16.3 Å². The highest BCUT2D eigenvalue weighted by molar-refractivity contribution is 7.15. The molecule has 32 heavy (non-hydrogen) atoms. The predicted molar refractivity (Wildman–Crippen MR) is 123 cm³/mol. The lowest BCUT2D eigenvalue weighted by Gasteiger charge is -2.16. The minimum atomic E-state index is -0.484. The number of amides is 2. The van der Waals surface area contributed by atoms with E-state index in [0.717, 1.165) is 16.9 Å². The van der Waals surface area contributed by atoms with E-state index < -0.39 is 5.92 Å². The highest BCUT2D eigenvalue weighted by atomic mass is 35.5.